The summed E-state index contributed by atoms with van der Waals surface area (Å²) in [7, 11) is 0. The molecule has 0 radical (unpaired) electrons. The molecular formula is C24H32O4. The Morgan fingerprint density at radius 3 is 2.64 bits per heavy atom. The van der Waals surface area contributed by atoms with Crippen LogP contribution in [0.15, 0.2) is 35.9 Å². The molecule has 0 saturated carbocycles. The van der Waals surface area contributed by atoms with Crippen molar-refractivity contribution in [3.05, 3.63) is 52.6 Å². The number of aromatic hydroxyl groups is 2. The highest BCUT2D eigenvalue weighted by Gasteiger charge is 2.32. The Hall–Kier alpha value is -2.49. The normalized spacial score (nSPS) is 19.6. The van der Waals surface area contributed by atoms with Crippen LogP contribution in [0.25, 0.3) is 6.08 Å². The lowest BCUT2D eigenvalue weighted by Crippen LogP contribution is -2.18. The van der Waals surface area contributed by atoms with Crippen molar-refractivity contribution in [2.45, 2.75) is 65.2 Å². The van der Waals surface area contributed by atoms with Gasteiger partial charge in [-0.2, -0.15) is 0 Å². The van der Waals surface area contributed by atoms with E-state index in [2.05, 4.69) is 13.5 Å². The van der Waals surface area contributed by atoms with E-state index in [0.29, 0.717) is 5.56 Å². The smallest absolute Gasteiger partial charge is 0.340 e. The summed E-state index contributed by atoms with van der Waals surface area (Å²) in [6.07, 6.45) is 11.5. The largest absolute Gasteiger partial charge is 0.507 e. The number of allylic oxidation sites excluding steroid dienone is 4. The highest BCUT2D eigenvalue weighted by Crippen LogP contribution is 2.48. The van der Waals surface area contributed by atoms with Gasteiger partial charge in [0, 0.05) is 11.5 Å². The minimum absolute atomic E-state index is 0.0533. The van der Waals surface area contributed by atoms with Gasteiger partial charge in [-0.3, -0.25) is 0 Å². The lowest BCUT2D eigenvalue weighted by molar-refractivity contribution is 0.0693. The maximum Gasteiger partial charge on any atom is 0.340 e. The molecule has 4 nitrogen and oxygen atoms in total. The molecule has 0 aliphatic heterocycles. The minimum Gasteiger partial charge on any atom is -0.507 e. The van der Waals surface area contributed by atoms with Gasteiger partial charge in [-0.05, 0) is 57.1 Å². The van der Waals surface area contributed by atoms with Gasteiger partial charge in [0.25, 0.3) is 0 Å². The van der Waals surface area contributed by atoms with Gasteiger partial charge in [0.1, 0.15) is 17.1 Å². The van der Waals surface area contributed by atoms with Crippen LogP contribution in [0.3, 0.4) is 0 Å². The van der Waals surface area contributed by atoms with Crippen LogP contribution in [0.2, 0.25) is 0 Å². The number of phenols is 2. The van der Waals surface area contributed by atoms with Crippen molar-refractivity contribution < 1.29 is 20.1 Å². The van der Waals surface area contributed by atoms with E-state index in [1.807, 2.05) is 26.0 Å². The fraction of sp³-hybridized carbons (Fsp3) is 0.458. The number of benzene rings is 1. The number of carboxylic acids is 1. The Labute approximate surface area is 167 Å². The number of unbranched alkanes of at least 4 members (excludes halogenated alkanes) is 3. The first-order valence-corrected chi connectivity index (χ1v) is 10.1. The fourth-order valence-corrected chi connectivity index (χ4v) is 4.00. The molecule has 0 aromatic heterocycles. The van der Waals surface area contributed by atoms with Crippen LogP contribution in [-0.4, -0.2) is 21.3 Å². The van der Waals surface area contributed by atoms with Crippen LogP contribution < -0.4 is 0 Å². The second-order valence-electron chi connectivity index (χ2n) is 7.86. The Kier molecular flexibility index (Phi) is 7.50. The molecule has 0 amide bonds. The quantitative estimate of drug-likeness (QED) is 0.358. The molecule has 28 heavy (non-hydrogen) atoms. The number of phenolic OH excluding ortho intramolecular Hbond substituents is 1. The van der Waals surface area contributed by atoms with Crippen LogP contribution in [0, 0.1) is 5.92 Å². The number of carboxylic acid groups (broad SMARTS) is 1. The molecule has 0 fully saturated rings. The number of hydrogen-bond acceptors (Lipinski definition) is 3. The van der Waals surface area contributed by atoms with Gasteiger partial charge >= 0.3 is 5.97 Å². The van der Waals surface area contributed by atoms with Crippen LogP contribution in [0.1, 0.15) is 86.7 Å². The van der Waals surface area contributed by atoms with E-state index in [4.69, 9.17) is 0 Å². The lowest BCUT2D eigenvalue weighted by Gasteiger charge is -2.31. The summed E-state index contributed by atoms with van der Waals surface area (Å²) in [4.78, 5) is 11.9. The molecule has 1 aromatic carbocycles. The van der Waals surface area contributed by atoms with Crippen LogP contribution in [0.5, 0.6) is 11.5 Å². The zero-order valence-electron chi connectivity index (χ0n) is 17.2. The highest BCUT2D eigenvalue weighted by atomic mass is 16.4. The number of aromatic carboxylic acids is 1. The standard InChI is InChI=1S/C24H32O4/c1-5-6-7-8-9-10-17-14-20(25)22(23(26)21(17)24(27)28)19-13-16(4)11-12-18(19)15(2)3/h9-10,13-14,18-19,25-26H,2,5-8,11-12H2,1,3-4H3,(H,27,28)/b10-9+/t18-,19+/m0/s1. The summed E-state index contributed by atoms with van der Waals surface area (Å²) in [6, 6.07) is 1.46. The van der Waals surface area contributed by atoms with E-state index >= 15 is 0 Å². The van der Waals surface area contributed by atoms with Crippen LogP contribution in [-0.2, 0) is 0 Å². The second kappa shape index (κ2) is 9.63. The molecule has 0 saturated heterocycles. The Balaban J connectivity index is 2.52. The van der Waals surface area contributed by atoms with Gasteiger partial charge < -0.3 is 15.3 Å². The van der Waals surface area contributed by atoms with E-state index < -0.39 is 5.97 Å². The first-order valence-electron chi connectivity index (χ1n) is 10.1. The number of rotatable bonds is 8. The van der Waals surface area contributed by atoms with Gasteiger partial charge in [0.15, 0.2) is 0 Å². The Morgan fingerprint density at radius 2 is 2.04 bits per heavy atom. The van der Waals surface area contributed by atoms with Crippen molar-refractivity contribution in [1.82, 2.24) is 0 Å². The van der Waals surface area contributed by atoms with Gasteiger partial charge in [-0.15, -0.1) is 0 Å². The molecule has 0 bridgehead atoms. The van der Waals surface area contributed by atoms with Gasteiger partial charge in [0.2, 0.25) is 0 Å². The van der Waals surface area contributed by atoms with Crippen molar-refractivity contribution >= 4 is 12.0 Å². The van der Waals surface area contributed by atoms with Crippen LogP contribution in [0.4, 0.5) is 0 Å². The summed E-state index contributed by atoms with van der Waals surface area (Å²) in [5.41, 5.74) is 2.58. The van der Waals surface area contributed by atoms with Crippen molar-refractivity contribution in [3.8, 4) is 11.5 Å². The summed E-state index contributed by atoms with van der Waals surface area (Å²) >= 11 is 0. The predicted molar refractivity (Wildman–Crippen MR) is 114 cm³/mol. The first kappa shape index (κ1) is 21.8. The molecule has 4 heteroatoms. The molecule has 2 rings (SSSR count). The molecule has 0 unspecified atom stereocenters. The number of hydrogen-bond donors (Lipinski definition) is 3. The van der Waals surface area contributed by atoms with Crippen molar-refractivity contribution in [1.29, 1.82) is 0 Å². The van der Waals surface area contributed by atoms with Gasteiger partial charge in [0.05, 0.1) is 0 Å². The molecule has 1 aromatic rings. The third-order valence-electron chi connectivity index (χ3n) is 5.55. The Morgan fingerprint density at radius 1 is 1.32 bits per heavy atom. The van der Waals surface area contributed by atoms with Crippen molar-refractivity contribution in [3.63, 3.8) is 0 Å². The van der Waals surface area contributed by atoms with E-state index in [1.54, 1.807) is 6.08 Å². The second-order valence-corrected chi connectivity index (χ2v) is 7.86. The van der Waals surface area contributed by atoms with Gasteiger partial charge in [-0.1, -0.05) is 55.7 Å². The van der Waals surface area contributed by atoms with E-state index in [1.165, 1.54) is 6.07 Å². The molecule has 152 valence electrons. The SMILES string of the molecule is C=C(C)[C@@H]1CCC(C)=C[C@H]1c1c(O)cc(/C=C/CCCCC)c(C(=O)O)c1O. The monoisotopic (exact) mass is 384 g/mol. The number of carbonyl (C=O) groups is 1. The van der Waals surface area contributed by atoms with Crippen LogP contribution >= 0.6 is 0 Å². The summed E-state index contributed by atoms with van der Waals surface area (Å²) in [6.45, 7) is 10.1. The molecule has 0 heterocycles. The lowest BCUT2D eigenvalue weighted by atomic mass is 9.73. The summed E-state index contributed by atoms with van der Waals surface area (Å²) < 4.78 is 0. The topological polar surface area (TPSA) is 77.8 Å². The molecule has 0 spiro atoms. The zero-order chi connectivity index (χ0) is 20.8. The minimum atomic E-state index is -1.20. The van der Waals surface area contributed by atoms with E-state index in [-0.39, 0.29) is 34.5 Å². The summed E-state index contributed by atoms with van der Waals surface area (Å²) in [5, 5.41) is 31.3. The predicted octanol–water partition coefficient (Wildman–Crippen LogP) is 6.41. The molecule has 1 aliphatic rings. The first-order chi connectivity index (χ1) is 13.3. The maximum absolute atomic E-state index is 11.9. The third kappa shape index (κ3) is 4.86. The zero-order valence-corrected chi connectivity index (χ0v) is 17.2. The van der Waals surface area contributed by atoms with E-state index in [0.717, 1.165) is 49.7 Å². The van der Waals surface area contributed by atoms with E-state index in [9.17, 15) is 20.1 Å². The average molecular weight is 385 g/mol. The van der Waals surface area contributed by atoms with Crippen molar-refractivity contribution in [2.75, 3.05) is 0 Å². The van der Waals surface area contributed by atoms with Crippen molar-refractivity contribution in [2.24, 2.45) is 5.92 Å². The third-order valence-corrected chi connectivity index (χ3v) is 5.55. The Bertz CT molecular complexity index is 801. The average Bonchev–Trinajstić information content (AvgIpc) is 2.60. The fourth-order valence-electron chi connectivity index (χ4n) is 4.00. The maximum atomic E-state index is 11.9. The molecule has 2 atom stereocenters. The summed E-state index contributed by atoms with van der Waals surface area (Å²) in [5.74, 6) is -1.85. The molecule has 3 N–H and O–H groups in total. The highest BCUT2D eigenvalue weighted by molar-refractivity contribution is 5.96. The molecule has 1 aliphatic carbocycles. The van der Waals surface area contributed by atoms with Gasteiger partial charge in [-0.25, -0.2) is 4.79 Å². The molecular weight excluding hydrogens is 352 g/mol.